The van der Waals surface area contributed by atoms with E-state index in [1.165, 1.54) is 75.8 Å². The molecule has 0 saturated carbocycles. The molecule has 2 aliphatic rings. The molecule has 288 valence electrons. The van der Waals surface area contributed by atoms with Crippen LogP contribution in [0.15, 0.2) is 207 Å². The van der Waals surface area contributed by atoms with Crippen molar-refractivity contribution in [2.24, 2.45) is 0 Å². The van der Waals surface area contributed by atoms with Crippen molar-refractivity contribution in [3.8, 4) is 78.5 Å². The highest BCUT2D eigenvalue weighted by atomic mass is 32.1. The Morgan fingerprint density at radius 3 is 1.71 bits per heavy atom. The third-order valence-electron chi connectivity index (χ3n) is 12.9. The van der Waals surface area contributed by atoms with Gasteiger partial charge in [0.2, 0.25) is 0 Å². The summed E-state index contributed by atoms with van der Waals surface area (Å²) < 4.78 is 2.60. The van der Waals surface area contributed by atoms with Crippen LogP contribution in [-0.4, -0.2) is 19.9 Å². The molecule has 0 radical (unpaired) electrons. The van der Waals surface area contributed by atoms with Crippen LogP contribution in [0.25, 0.3) is 98.7 Å². The van der Waals surface area contributed by atoms with E-state index < -0.39 is 5.41 Å². The van der Waals surface area contributed by atoms with Crippen molar-refractivity contribution in [3.63, 3.8) is 0 Å². The second kappa shape index (κ2) is 13.6. The molecule has 1 atom stereocenters. The van der Waals surface area contributed by atoms with Crippen molar-refractivity contribution in [1.82, 2.24) is 19.9 Å². The smallest absolute Gasteiger partial charge is 0.160 e. The van der Waals surface area contributed by atoms with E-state index in [2.05, 4.69) is 157 Å². The summed E-state index contributed by atoms with van der Waals surface area (Å²) in [5.74, 6) is 0.665. The molecule has 4 nitrogen and oxygen atoms in total. The van der Waals surface area contributed by atoms with E-state index in [1.54, 1.807) is 6.20 Å². The molecule has 13 rings (SSSR count). The second-order valence-corrected chi connectivity index (χ2v) is 17.2. The first-order chi connectivity index (χ1) is 30.7. The maximum absolute atomic E-state index is 5.36. The van der Waals surface area contributed by atoms with Crippen LogP contribution >= 0.6 is 11.3 Å². The average Bonchev–Trinajstić information content (AvgIpc) is 3.82. The van der Waals surface area contributed by atoms with Crippen molar-refractivity contribution in [1.29, 1.82) is 0 Å². The lowest BCUT2D eigenvalue weighted by atomic mass is 9.65. The molecule has 0 aliphatic heterocycles. The zero-order valence-electron chi connectivity index (χ0n) is 33.3. The Bertz CT molecular complexity index is 3580. The quantitative estimate of drug-likeness (QED) is 0.178. The normalized spacial score (nSPS) is 14.5. The number of benzene rings is 7. The van der Waals surface area contributed by atoms with Crippen molar-refractivity contribution >= 4 is 31.5 Å². The fourth-order valence-corrected chi connectivity index (χ4v) is 11.3. The number of hydrogen-bond acceptors (Lipinski definition) is 5. The van der Waals surface area contributed by atoms with Gasteiger partial charge in [-0.25, -0.2) is 9.97 Å². The third kappa shape index (κ3) is 5.12. The van der Waals surface area contributed by atoms with Gasteiger partial charge < -0.3 is 0 Å². The molecule has 0 saturated heterocycles. The molecule has 5 heteroatoms. The van der Waals surface area contributed by atoms with E-state index in [1.807, 2.05) is 60.1 Å². The van der Waals surface area contributed by atoms with Crippen LogP contribution in [0.5, 0.6) is 0 Å². The minimum absolute atomic E-state index is 0.637. The van der Waals surface area contributed by atoms with E-state index in [9.17, 15) is 0 Å². The molecule has 0 amide bonds. The van der Waals surface area contributed by atoms with Crippen molar-refractivity contribution in [3.05, 3.63) is 229 Å². The van der Waals surface area contributed by atoms with Crippen LogP contribution in [-0.2, 0) is 5.41 Å². The highest BCUT2D eigenvalue weighted by Gasteiger charge is 2.50. The van der Waals surface area contributed by atoms with E-state index in [0.717, 1.165) is 39.3 Å². The van der Waals surface area contributed by atoms with Gasteiger partial charge in [0.1, 0.15) is 0 Å². The summed E-state index contributed by atoms with van der Waals surface area (Å²) in [6.45, 7) is 0. The number of thiophene rings is 1. The summed E-state index contributed by atoms with van der Waals surface area (Å²) >= 11 is 1.88. The van der Waals surface area contributed by atoms with Crippen LogP contribution in [0.3, 0.4) is 0 Å². The molecule has 11 aromatic rings. The maximum Gasteiger partial charge on any atom is 0.160 e. The average molecular weight is 807 g/mol. The third-order valence-corrected chi connectivity index (χ3v) is 14.0. The number of hydrogen-bond donors (Lipinski definition) is 0. The van der Waals surface area contributed by atoms with E-state index in [4.69, 9.17) is 15.0 Å². The zero-order valence-corrected chi connectivity index (χ0v) is 34.1. The summed E-state index contributed by atoms with van der Waals surface area (Å²) in [5.41, 5.74) is 18.3. The molecule has 62 heavy (non-hydrogen) atoms. The predicted octanol–water partition coefficient (Wildman–Crippen LogP) is 14.3. The van der Waals surface area contributed by atoms with Crippen molar-refractivity contribution in [2.75, 3.05) is 0 Å². The van der Waals surface area contributed by atoms with Crippen LogP contribution in [0, 0.1) is 0 Å². The fourth-order valence-electron chi connectivity index (χ4n) is 10.2. The highest BCUT2D eigenvalue weighted by Crippen LogP contribution is 2.62. The van der Waals surface area contributed by atoms with Crippen molar-refractivity contribution in [2.45, 2.75) is 5.41 Å². The molecular formula is C57H34N4S. The lowest BCUT2D eigenvalue weighted by Crippen LogP contribution is -2.29. The molecule has 0 bridgehead atoms. The van der Waals surface area contributed by atoms with Gasteiger partial charge in [0, 0.05) is 61.0 Å². The Morgan fingerprint density at radius 2 is 0.968 bits per heavy atom. The summed E-state index contributed by atoms with van der Waals surface area (Å²) in [6, 6.07) is 68.4. The summed E-state index contributed by atoms with van der Waals surface area (Å²) in [4.78, 5) is 19.7. The lowest BCUT2D eigenvalue weighted by Gasteiger charge is -2.35. The Balaban J connectivity index is 1.10. The predicted molar refractivity (Wildman–Crippen MR) is 254 cm³/mol. The minimum Gasteiger partial charge on any atom is -0.264 e. The lowest BCUT2D eigenvalue weighted by molar-refractivity contribution is 0.777. The Hall–Kier alpha value is -7.86. The topological polar surface area (TPSA) is 51.6 Å². The first-order valence-electron chi connectivity index (χ1n) is 20.9. The molecule has 4 heterocycles. The Morgan fingerprint density at radius 1 is 0.355 bits per heavy atom. The van der Waals surface area contributed by atoms with Gasteiger partial charge >= 0.3 is 0 Å². The number of pyridine rings is 2. The molecule has 0 fully saturated rings. The van der Waals surface area contributed by atoms with Gasteiger partial charge in [-0.15, -0.1) is 11.3 Å². The van der Waals surface area contributed by atoms with E-state index in [-0.39, 0.29) is 0 Å². The summed E-state index contributed by atoms with van der Waals surface area (Å²) in [7, 11) is 0. The van der Waals surface area contributed by atoms with Gasteiger partial charge in [-0.05, 0) is 110 Å². The Labute approximate surface area is 362 Å². The van der Waals surface area contributed by atoms with Crippen LogP contribution in [0.1, 0.15) is 22.3 Å². The van der Waals surface area contributed by atoms with Crippen molar-refractivity contribution < 1.29 is 0 Å². The van der Waals surface area contributed by atoms with E-state index in [0.29, 0.717) is 5.82 Å². The molecule has 4 aromatic heterocycles. The van der Waals surface area contributed by atoms with Gasteiger partial charge in [-0.2, -0.15) is 0 Å². The number of rotatable bonds is 4. The fraction of sp³-hybridized carbons (Fsp3) is 0.0175. The highest BCUT2D eigenvalue weighted by molar-refractivity contribution is 7.25. The molecule has 0 N–H and O–H groups in total. The first kappa shape index (κ1) is 34.9. The van der Waals surface area contributed by atoms with Gasteiger partial charge in [-0.1, -0.05) is 133 Å². The van der Waals surface area contributed by atoms with Crippen LogP contribution in [0.4, 0.5) is 0 Å². The molecular weight excluding hydrogens is 773 g/mol. The number of nitrogens with zero attached hydrogens (tertiary/aromatic N) is 4. The van der Waals surface area contributed by atoms with Gasteiger partial charge in [0.15, 0.2) is 5.82 Å². The standard InChI is InChI=1S/C57H34N4S/c1-2-13-35(14-3-1)56-60-52(32-53(61-56)38-25-27-51(59-34-38)37-15-12-28-58-33-37)36-24-26-43-40-17-5-4-16-39(40)41-18-6-9-21-47(41)57(49(43)29-36)48-22-10-7-19-42(48)45-30-46-44-20-8-11-23-54(44)62-55(46)31-50(45)57/h1-34H. The SMILES string of the molecule is c1ccc(-c2nc(-c3ccc(-c4cccnc4)nc3)cc(-c3ccc4c(c3)C3(c5ccccc5-c5ccccc5-4)c4ccccc4-c4cc5c(cc43)sc3ccccc35)n2)cc1. The van der Waals surface area contributed by atoms with Gasteiger partial charge in [0.25, 0.3) is 0 Å². The number of aromatic nitrogens is 4. The van der Waals surface area contributed by atoms with Gasteiger partial charge in [-0.3, -0.25) is 9.97 Å². The van der Waals surface area contributed by atoms with Crippen LogP contribution < -0.4 is 0 Å². The first-order valence-corrected chi connectivity index (χ1v) is 21.8. The van der Waals surface area contributed by atoms with Crippen LogP contribution in [0.2, 0.25) is 0 Å². The molecule has 2 aliphatic carbocycles. The molecule has 7 aromatic carbocycles. The minimum atomic E-state index is -0.637. The summed E-state index contributed by atoms with van der Waals surface area (Å²) in [5, 5.41) is 2.61. The molecule has 1 unspecified atom stereocenters. The van der Waals surface area contributed by atoms with Gasteiger partial charge in [0.05, 0.1) is 22.5 Å². The largest absolute Gasteiger partial charge is 0.264 e. The number of fused-ring (bicyclic) bond motifs is 15. The second-order valence-electron chi connectivity index (χ2n) is 16.1. The molecule has 1 spiro atoms. The maximum atomic E-state index is 5.36. The monoisotopic (exact) mass is 806 g/mol. The van der Waals surface area contributed by atoms with E-state index >= 15 is 0 Å². The Kier molecular flexibility index (Phi) is 7.66. The summed E-state index contributed by atoms with van der Waals surface area (Å²) in [6.07, 6.45) is 5.53. The zero-order chi connectivity index (χ0) is 40.8.